The van der Waals surface area contributed by atoms with E-state index in [1.807, 2.05) is 12.1 Å². The molecule has 0 fully saturated rings. The molecular weight excluding hydrogens is 265 g/mol. The van der Waals surface area contributed by atoms with Crippen molar-refractivity contribution in [3.63, 3.8) is 0 Å². The monoisotopic (exact) mass is 279 g/mol. The fraction of sp³-hybridized carbons (Fsp3) is 0.200. The third-order valence-corrected chi connectivity index (χ3v) is 3.28. The fourth-order valence-corrected chi connectivity index (χ4v) is 2.42. The van der Waals surface area contributed by atoms with Crippen molar-refractivity contribution in [1.29, 1.82) is 0 Å². The Labute approximate surface area is 118 Å². The van der Waals surface area contributed by atoms with Gasteiger partial charge in [0.15, 0.2) is 0 Å². The molecule has 1 nitrogen and oxygen atoms in total. The smallest absolute Gasteiger partial charge is 0.0441 e. The van der Waals surface area contributed by atoms with Crippen molar-refractivity contribution >= 4 is 28.9 Å². The third-order valence-electron chi connectivity index (χ3n) is 2.84. The van der Waals surface area contributed by atoms with E-state index in [2.05, 4.69) is 37.4 Å². The summed E-state index contributed by atoms with van der Waals surface area (Å²) in [4.78, 5) is 0. The van der Waals surface area contributed by atoms with Gasteiger partial charge in [-0.2, -0.15) is 0 Å². The van der Waals surface area contributed by atoms with E-state index >= 15 is 0 Å². The highest BCUT2D eigenvalue weighted by Crippen LogP contribution is 2.23. The summed E-state index contributed by atoms with van der Waals surface area (Å²) in [5.41, 5.74) is 4.78. The highest BCUT2D eigenvalue weighted by Gasteiger charge is 2.01. The minimum absolute atomic E-state index is 0.644. The summed E-state index contributed by atoms with van der Waals surface area (Å²) in [7, 11) is 0. The zero-order chi connectivity index (χ0) is 13.1. The standard InChI is InChI=1S/C15H15Cl2N/c1-10-3-4-12(11(2)5-10)9-18-15-7-13(16)6-14(17)8-15/h3-8,18H,9H2,1-2H3. The highest BCUT2D eigenvalue weighted by molar-refractivity contribution is 6.35. The van der Waals surface area contributed by atoms with Crippen LogP contribution in [-0.2, 0) is 6.54 Å². The molecule has 0 radical (unpaired) electrons. The van der Waals surface area contributed by atoms with Crippen LogP contribution in [-0.4, -0.2) is 0 Å². The van der Waals surface area contributed by atoms with Crippen LogP contribution < -0.4 is 5.32 Å². The van der Waals surface area contributed by atoms with Crippen LogP contribution in [0.4, 0.5) is 5.69 Å². The second-order valence-electron chi connectivity index (χ2n) is 4.44. The predicted octanol–water partition coefficient (Wildman–Crippen LogP) is 5.22. The molecular formula is C15H15Cl2N. The van der Waals surface area contributed by atoms with E-state index in [0.717, 1.165) is 12.2 Å². The molecule has 0 aliphatic rings. The number of aryl methyl sites for hydroxylation is 2. The summed E-state index contributed by atoms with van der Waals surface area (Å²) in [5.74, 6) is 0. The number of hydrogen-bond donors (Lipinski definition) is 1. The zero-order valence-electron chi connectivity index (χ0n) is 10.4. The summed E-state index contributed by atoms with van der Waals surface area (Å²) in [6.07, 6.45) is 0. The van der Waals surface area contributed by atoms with Crippen LogP contribution in [0.1, 0.15) is 16.7 Å². The summed E-state index contributed by atoms with van der Waals surface area (Å²) >= 11 is 11.9. The molecule has 94 valence electrons. The van der Waals surface area contributed by atoms with Crippen LogP contribution in [0.2, 0.25) is 10.0 Å². The number of nitrogens with one attached hydrogen (secondary N) is 1. The second kappa shape index (κ2) is 5.64. The van der Waals surface area contributed by atoms with Gasteiger partial charge in [0.2, 0.25) is 0 Å². The lowest BCUT2D eigenvalue weighted by Crippen LogP contribution is -2.01. The first-order valence-electron chi connectivity index (χ1n) is 5.81. The molecule has 1 N–H and O–H groups in total. The van der Waals surface area contributed by atoms with Gasteiger partial charge >= 0.3 is 0 Å². The number of benzene rings is 2. The van der Waals surface area contributed by atoms with Crippen molar-refractivity contribution in [2.75, 3.05) is 5.32 Å². The van der Waals surface area contributed by atoms with Gasteiger partial charge in [0.25, 0.3) is 0 Å². The molecule has 0 saturated carbocycles. The van der Waals surface area contributed by atoms with Crippen LogP contribution in [0.25, 0.3) is 0 Å². The lowest BCUT2D eigenvalue weighted by molar-refractivity contribution is 1.11. The second-order valence-corrected chi connectivity index (χ2v) is 5.31. The van der Waals surface area contributed by atoms with Gasteiger partial charge in [-0.3, -0.25) is 0 Å². The van der Waals surface area contributed by atoms with Crippen molar-refractivity contribution in [2.24, 2.45) is 0 Å². The molecule has 0 amide bonds. The molecule has 3 heteroatoms. The van der Waals surface area contributed by atoms with Crippen molar-refractivity contribution in [3.8, 4) is 0 Å². The van der Waals surface area contributed by atoms with Crippen molar-refractivity contribution < 1.29 is 0 Å². The van der Waals surface area contributed by atoms with Gasteiger partial charge in [-0.25, -0.2) is 0 Å². The Bertz CT molecular complexity index is 544. The summed E-state index contributed by atoms with van der Waals surface area (Å²) < 4.78 is 0. The minimum atomic E-state index is 0.644. The Morgan fingerprint density at radius 3 is 2.22 bits per heavy atom. The van der Waals surface area contributed by atoms with Crippen LogP contribution in [0.3, 0.4) is 0 Å². The summed E-state index contributed by atoms with van der Waals surface area (Å²) in [5, 5.41) is 4.62. The van der Waals surface area contributed by atoms with Gasteiger partial charge in [0, 0.05) is 22.3 Å². The van der Waals surface area contributed by atoms with Gasteiger partial charge in [-0.05, 0) is 43.2 Å². The summed E-state index contributed by atoms with van der Waals surface area (Å²) in [6, 6.07) is 11.9. The van der Waals surface area contributed by atoms with E-state index in [9.17, 15) is 0 Å². The Balaban J connectivity index is 2.11. The van der Waals surface area contributed by atoms with Crippen LogP contribution in [0.5, 0.6) is 0 Å². The maximum atomic E-state index is 5.96. The van der Waals surface area contributed by atoms with E-state index in [1.165, 1.54) is 16.7 Å². The first-order valence-corrected chi connectivity index (χ1v) is 6.56. The molecule has 0 bridgehead atoms. The van der Waals surface area contributed by atoms with Crippen LogP contribution in [0.15, 0.2) is 36.4 Å². The minimum Gasteiger partial charge on any atom is -0.381 e. The normalized spacial score (nSPS) is 10.4. The van der Waals surface area contributed by atoms with Gasteiger partial charge in [0.05, 0.1) is 0 Å². The molecule has 0 aromatic heterocycles. The van der Waals surface area contributed by atoms with E-state index in [1.54, 1.807) is 6.07 Å². The molecule has 0 aliphatic carbocycles. The molecule has 2 aromatic rings. The van der Waals surface area contributed by atoms with Gasteiger partial charge < -0.3 is 5.32 Å². The van der Waals surface area contributed by atoms with Crippen LogP contribution >= 0.6 is 23.2 Å². The van der Waals surface area contributed by atoms with E-state index in [0.29, 0.717) is 10.0 Å². The van der Waals surface area contributed by atoms with Gasteiger partial charge in [0.1, 0.15) is 0 Å². The van der Waals surface area contributed by atoms with Crippen molar-refractivity contribution in [1.82, 2.24) is 0 Å². The quantitative estimate of drug-likeness (QED) is 0.812. The molecule has 0 unspecified atom stereocenters. The number of halogens is 2. The Hall–Kier alpha value is -1.18. The molecule has 2 rings (SSSR count). The van der Waals surface area contributed by atoms with E-state index in [-0.39, 0.29) is 0 Å². The average molecular weight is 280 g/mol. The maximum absolute atomic E-state index is 5.96. The Morgan fingerprint density at radius 1 is 0.944 bits per heavy atom. The van der Waals surface area contributed by atoms with Crippen molar-refractivity contribution in [2.45, 2.75) is 20.4 Å². The lowest BCUT2D eigenvalue weighted by Gasteiger charge is -2.10. The Morgan fingerprint density at radius 2 is 1.61 bits per heavy atom. The number of rotatable bonds is 3. The number of anilines is 1. The SMILES string of the molecule is Cc1ccc(CNc2cc(Cl)cc(Cl)c2)c(C)c1. The zero-order valence-corrected chi connectivity index (χ0v) is 11.9. The average Bonchev–Trinajstić information content (AvgIpc) is 2.26. The number of hydrogen-bond acceptors (Lipinski definition) is 1. The van der Waals surface area contributed by atoms with Crippen molar-refractivity contribution in [3.05, 3.63) is 63.1 Å². The molecule has 0 atom stereocenters. The first kappa shape index (κ1) is 13.3. The molecule has 0 spiro atoms. The van der Waals surface area contributed by atoms with E-state index in [4.69, 9.17) is 23.2 Å². The first-order chi connectivity index (χ1) is 8.54. The molecule has 18 heavy (non-hydrogen) atoms. The highest BCUT2D eigenvalue weighted by atomic mass is 35.5. The topological polar surface area (TPSA) is 12.0 Å². The molecule has 0 heterocycles. The molecule has 2 aromatic carbocycles. The van der Waals surface area contributed by atoms with Gasteiger partial charge in [-0.1, -0.05) is 47.0 Å². The fourth-order valence-electron chi connectivity index (χ4n) is 1.90. The molecule has 0 aliphatic heterocycles. The van der Waals surface area contributed by atoms with Crippen LogP contribution in [0, 0.1) is 13.8 Å². The lowest BCUT2D eigenvalue weighted by atomic mass is 10.1. The Kier molecular flexibility index (Phi) is 4.15. The molecule has 0 saturated heterocycles. The predicted molar refractivity (Wildman–Crippen MR) is 79.7 cm³/mol. The maximum Gasteiger partial charge on any atom is 0.0441 e. The third kappa shape index (κ3) is 3.41. The largest absolute Gasteiger partial charge is 0.381 e. The van der Waals surface area contributed by atoms with Gasteiger partial charge in [-0.15, -0.1) is 0 Å². The van der Waals surface area contributed by atoms with E-state index < -0.39 is 0 Å². The summed E-state index contributed by atoms with van der Waals surface area (Å²) in [6.45, 7) is 4.98.